The number of benzene rings is 8. The highest BCUT2D eigenvalue weighted by Crippen LogP contribution is 2.45. The van der Waals surface area contributed by atoms with Crippen molar-refractivity contribution in [3.05, 3.63) is 176 Å². The second-order valence-electron chi connectivity index (χ2n) is 15.7. The molecule has 0 amide bonds. The van der Waals surface area contributed by atoms with Crippen molar-refractivity contribution in [1.29, 1.82) is 0 Å². The molecule has 0 bridgehead atoms. The molecule has 1 aliphatic heterocycles. The lowest BCUT2D eigenvalue weighted by Crippen LogP contribution is -2.49. The molecule has 0 fully saturated rings. The summed E-state index contributed by atoms with van der Waals surface area (Å²) in [5.41, 5.74) is 11.3. The summed E-state index contributed by atoms with van der Waals surface area (Å²) in [6.07, 6.45) is 0. The fourth-order valence-corrected chi connectivity index (χ4v) is 14.4. The van der Waals surface area contributed by atoms with E-state index in [4.69, 9.17) is 9.97 Å². The van der Waals surface area contributed by atoms with Crippen molar-refractivity contribution < 1.29 is 0 Å². The van der Waals surface area contributed by atoms with Crippen LogP contribution < -0.4 is 10.4 Å². The molecule has 0 atom stereocenters. The molecule has 0 radical (unpaired) electrons. The van der Waals surface area contributed by atoms with Crippen LogP contribution in [0.2, 0.25) is 13.1 Å². The van der Waals surface area contributed by atoms with Crippen LogP contribution in [0.1, 0.15) is 0 Å². The third-order valence-electron chi connectivity index (χ3n) is 12.2. The highest BCUT2D eigenvalue weighted by molar-refractivity contribution is 7.26. The molecule has 3 aromatic heterocycles. The highest BCUT2D eigenvalue weighted by atomic mass is 32.1. The molecule has 0 aliphatic carbocycles. The van der Waals surface area contributed by atoms with Crippen LogP contribution in [0.3, 0.4) is 0 Å². The minimum atomic E-state index is -2.17. The summed E-state index contributed by atoms with van der Waals surface area (Å²) in [6, 6.07) is 64.0. The fraction of sp³-hybridized carbons (Fsp3) is 0.0385. The van der Waals surface area contributed by atoms with Crippen molar-refractivity contribution in [2.45, 2.75) is 13.1 Å². The quantitative estimate of drug-likeness (QED) is 0.167. The maximum absolute atomic E-state index is 5.60. The number of hydrogen-bond acceptors (Lipinski definition) is 3. The van der Waals surface area contributed by atoms with Crippen LogP contribution >= 0.6 is 11.3 Å². The Labute approximate surface area is 335 Å². The van der Waals surface area contributed by atoms with Gasteiger partial charge in [0.15, 0.2) is 5.82 Å². The average Bonchev–Trinajstić information content (AvgIpc) is 3.89. The van der Waals surface area contributed by atoms with Crippen LogP contribution in [0.15, 0.2) is 176 Å². The summed E-state index contributed by atoms with van der Waals surface area (Å²) < 4.78 is 4.98. The monoisotopic (exact) mass is 761 g/mol. The lowest BCUT2D eigenvalue weighted by atomic mass is 9.94. The Bertz CT molecular complexity index is 3430. The van der Waals surface area contributed by atoms with Crippen molar-refractivity contribution in [3.63, 3.8) is 0 Å². The van der Waals surface area contributed by atoms with Gasteiger partial charge in [0.05, 0.1) is 22.4 Å². The third kappa shape index (κ3) is 4.70. The molecule has 4 heterocycles. The van der Waals surface area contributed by atoms with Gasteiger partial charge in [-0.05, 0) is 68.7 Å². The minimum absolute atomic E-state index is 0.733. The van der Waals surface area contributed by atoms with Gasteiger partial charge in [-0.15, -0.1) is 11.3 Å². The zero-order valence-electron chi connectivity index (χ0n) is 31.5. The first-order chi connectivity index (χ1) is 28.0. The van der Waals surface area contributed by atoms with E-state index < -0.39 is 8.07 Å². The molecule has 0 N–H and O–H groups in total. The summed E-state index contributed by atoms with van der Waals surface area (Å²) in [4.78, 5) is 11.1. The standard InChI is InChI=1S/C52H35N3SSi/c1-57(2)47-27-14-11-21-35(47)38-29-28-36-41(30-45-48(49(36)51(38)57)40-22-9-12-25-44(40)55(45)33-18-7-4-8-19-33)52-53-42(32-16-5-3-6-17-32)31-43(54-52)39-24-15-23-37-34-20-10-13-26-46(34)56-50(37)39/h3-31H,1-2H3. The maximum Gasteiger partial charge on any atom is 0.161 e. The molecule has 5 heteroatoms. The predicted molar refractivity (Wildman–Crippen MR) is 245 cm³/mol. The molecule has 0 unspecified atom stereocenters. The van der Waals surface area contributed by atoms with E-state index >= 15 is 0 Å². The van der Waals surface area contributed by atoms with Crippen molar-refractivity contribution in [2.75, 3.05) is 0 Å². The molecule has 12 rings (SSSR count). The number of aromatic nitrogens is 3. The molecular formula is C52H35N3SSi. The second-order valence-corrected chi connectivity index (χ2v) is 21.0. The molecular weight excluding hydrogens is 727 g/mol. The molecule has 0 saturated carbocycles. The fourth-order valence-electron chi connectivity index (χ4n) is 9.68. The molecule has 3 nitrogen and oxygen atoms in total. The summed E-state index contributed by atoms with van der Waals surface area (Å²) in [5, 5.41) is 10.6. The van der Waals surface area contributed by atoms with Gasteiger partial charge in [0, 0.05) is 53.3 Å². The van der Waals surface area contributed by atoms with Crippen LogP contribution in [0.5, 0.6) is 0 Å². The minimum Gasteiger partial charge on any atom is -0.309 e. The van der Waals surface area contributed by atoms with Gasteiger partial charge in [-0.2, -0.15) is 0 Å². The first kappa shape index (κ1) is 32.6. The van der Waals surface area contributed by atoms with Crippen LogP contribution in [0.25, 0.3) is 103 Å². The van der Waals surface area contributed by atoms with Gasteiger partial charge in [0.25, 0.3) is 0 Å². The summed E-state index contributed by atoms with van der Waals surface area (Å²) in [5.74, 6) is 0.733. The third-order valence-corrected chi connectivity index (χ3v) is 17.0. The smallest absolute Gasteiger partial charge is 0.161 e. The van der Waals surface area contributed by atoms with E-state index in [0.29, 0.717) is 0 Å². The lowest BCUT2D eigenvalue weighted by molar-refractivity contribution is 1.17. The molecule has 57 heavy (non-hydrogen) atoms. The van der Waals surface area contributed by atoms with Gasteiger partial charge in [0.1, 0.15) is 8.07 Å². The Morgan fingerprint density at radius 3 is 2.02 bits per heavy atom. The van der Waals surface area contributed by atoms with Crippen molar-refractivity contribution in [1.82, 2.24) is 14.5 Å². The predicted octanol–water partition coefficient (Wildman–Crippen LogP) is 12.9. The van der Waals surface area contributed by atoms with E-state index in [9.17, 15) is 0 Å². The Kier molecular flexibility index (Phi) is 6.95. The molecule has 0 spiro atoms. The van der Waals surface area contributed by atoms with Crippen LogP contribution in [0.4, 0.5) is 0 Å². The zero-order valence-corrected chi connectivity index (χ0v) is 33.3. The maximum atomic E-state index is 5.60. The van der Waals surface area contributed by atoms with E-state index in [0.717, 1.165) is 39.6 Å². The van der Waals surface area contributed by atoms with Crippen molar-refractivity contribution >= 4 is 82.5 Å². The molecule has 268 valence electrons. The van der Waals surface area contributed by atoms with Crippen LogP contribution in [-0.4, -0.2) is 22.6 Å². The Morgan fingerprint density at radius 1 is 0.474 bits per heavy atom. The Hall–Kier alpha value is -6.66. The Morgan fingerprint density at radius 2 is 1.16 bits per heavy atom. The normalized spacial score (nSPS) is 13.2. The van der Waals surface area contributed by atoms with Crippen molar-refractivity contribution in [2.24, 2.45) is 0 Å². The second kappa shape index (κ2) is 12.2. The number of thiophene rings is 1. The number of nitrogens with zero attached hydrogens (tertiary/aromatic N) is 3. The average molecular weight is 762 g/mol. The van der Waals surface area contributed by atoms with Crippen LogP contribution in [-0.2, 0) is 0 Å². The van der Waals surface area contributed by atoms with E-state index in [1.54, 1.807) is 0 Å². The van der Waals surface area contributed by atoms with Gasteiger partial charge >= 0.3 is 0 Å². The van der Waals surface area contributed by atoms with E-state index in [1.807, 2.05) is 11.3 Å². The SMILES string of the molecule is C[Si]1(C)c2ccccc2-c2ccc3c(-c4nc(-c5ccccc5)cc(-c5cccc6c5sc5ccccc56)n4)cc4c(c5ccccc5n4-c4ccccc4)c3c21. The van der Waals surface area contributed by atoms with E-state index in [2.05, 4.69) is 194 Å². The topological polar surface area (TPSA) is 30.7 Å². The van der Waals surface area contributed by atoms with Crippen LogP contribution in [0, 0.1) is 0 Å². The summed E-state index contributed by atoms with van der Waals surface area (Å²) in [7, 11) is -2.17. The number of para-hydroxylation sites is 2. The largest absolute Gasteiger partial charge is 0.309 e. The van der Waals surface area contributed by atoms with Gasteiger partial charge in [-0.25, -0.2) is 9.97 Å². The zero-order chi connectivity index (χ0) is 37.8. The van der Waals surface area contributed by atoms with E-state index in [1.165, 1.54) is 74.3 Å². The Balaban J connectivity index is 1.24. The molecule has 1 aliphatic rings. The molecule has 0 saturated heterocycles. The van der Waals surface area contributed by atoms with Crippen molar-refractivity contribution in [3.8, 4) is 50.7 Å². The van der Waals surface area contributed by atoms with Gasteiger partial charge in [-0.1, -0.05) is 153 Å². The lowest BCUT2D eigenvalue weighted by Gasteiger charge is -2.22. The van der Waals surface area contributed by atoms with Gasteiger partial charge < -0.3 is 4.57 Å². The molecule has 8 aromatic carbocycles. The summed E-state index contributed by atoms with van der Waals surface area (Å²) >= 11 is 1.84. The number of rotatable bonds is 4. The number of hydrogen-bond donors (Lipinski definition) is 0. The van der Waals surface area contributed by atoms with E-state index in [-0.39, 0.29) is 0 Å². The first-order valence-electron chi connectivity index (χ1n) is 19.6. The highest BCUT2D eigenvalue weighted by Gasteiger charge is 2.40. The van der Waals surface area contributed by atoms with Gasteiger partial charge in [-0.3, -0.25) is 0 Å². The number of fused-ring (bicyclic) bond motifs is 12. The summed E-state index contributed by atoms with van der Waals surface area (Å²) in [6.45, 7) is 5.06. The van der Waals surface area contributed by atoms with Gasteiger partial charge in [0.2, 0.25) is 0 Å². The first-order valence-corrected chi connectivity index (χ1v) is 23.4. The molecule has 11 aromatic rings.